The summed E-state index contributed by atoms with van der Waals surface area (Å²) in [4.78, 5) is 0. The van der Waals surface area contributed by atoms with E-state index in [1.165, 1.54) is 6.42 Å². The molecule has 3 heteroatoms. The number of ether oxygens (including phenoxy) is 2. The summed E-state index contributed by atoms with van der Waals surface area (Å²) in [5.74, 6) is 0.516. The van der Waals surface area contributed by atoms with Gasteiger partial charge < -0.3 is 14.6 Å². The van der Waals surface area contributed by atoms with E-state index in [0.29, 0.717) is 5.92 Å². The van der Waals surface area contributed by atoms with Gasteiger partial charge in [0.2, 0.25) is 0 Å². The smallest absolute Gasteiger partial charge is 0.157 e. The number of hydrogen-bond donors (Lipinski definition) is 1. The molecule has 1 unspecified atom stereocenters. The van der Waals surface area contributed by atoms with Gasteiger partial charge in [0.15, 0.2) is 6.29 Å². The van der Waals surface area contributed by atoms with Crippen molar-refractivity contribution in [1.29, 1.82) is 0 Å². The van der Waals surface area contributed by atoms with E-state index in [9.17, 15) is 0 Å². The number of allylic oxidation sites excluding steroid dienone is 1. The van der Waals surface area contributed by atoms with Gasteiger partial charge in [0, 0.05) is 6.61 Å². The lowest BCUT2D eigenvalue weighted by atomic mass is 10.0. The van der Waals surface area contributed by atoms with E-state index in [0.717, 1.165) is 44.5 Å². The Balaban J connectivity index is 2.09. The summed E-state index contributed by atoms with van der Waals surface area (Å²) in [7, 11) is 0. The fourth-order valence-corrected chi connectivity index (χ4v) is 1.94. The molecule has 0 spiro atoms. The highest BCUT2D eigenvalue weighted by molar-refractivity contribution is 4.99. The molecular formula is C14H26O3. The summed E-state index contributed by atoms with van der Waals surface area (Å²) >= 11 is 0. The minimum atomic E-state index is 0.0187. The van der Waals surface area contributed by atoms with Gasteiger partial charge in [-0.3, -0.25) is 0 Å². The van der Waals surface area contributed by atoms with Crippen molar-refractivity contribution in [2.75, 3.05) is 19.8 Å². The first-order chi connectivity index (χ1) is 8.26. The van der Waals surface area contributed by atoms with Crippen LogP contribution >= 0.6 is 0 Å². The Labute approximate surface area is 105 Å². The minimum absolute atomic E-state index is 0.0187. The van der Waals surface area contributed by atoms with Crippen LogP contribution in [0.3, 0.4) is 0 Å². The molecule has 3 nitrogen and oxygen atoms in total. The average Bonchev–Trinajstić information content (AvgIpc) is 2.39. The van der Waals surface area contributed by atoms with Crippen LogP contribution in [0, 0.1) is 5.92 Å². The lowest BCUT2D eigenvalue weighted by molar-refractivity contribution is -0.168. The molecule has 0 radical (unpaired) electrons. The van der Waals surface area contributed by atoms with E-state index in [4.69, 9.17) is 14.6 Å². The second-order valence-electron chi connectivity index (χ2n) is 4.88. The number of aliphatic hydroxyl groups is 1. The quantitative estimate of drug-likeness (QED) is 0.698. The molecule has 1 aliphatic rings. The van der Waals surface area contributed by atoms with Crippen LogP contribution < -0.4 is 0 Å². The molecule has 17 heavy (non-hydrogen) atoms. The van der Waals surface area contributed by atoms with E-state index in [1.807, 2.05) is 13.0 Å². The van der Waals surface area contributed by atoms with E-state index < -0.39 is 0 Å². The molecule has 1 heterocycles. The van der Waals surface area contributed by atoms with Crippen molar-refractivity contribution in [1.82, 2.24) is 0 Å². The van der Waals surface area contributed by atoms with Crippen LogP contribution in [0.25, 0.3) is 0 Å². The maximum atomic E-state index is 9.05. The Morgan fingerprint density at radius 3 is 2.94 bits per heavy atom. The van der Waals surface area contributed by atoms with Gasteiger partial charge in [0.25, 0.3) is 0 Å². The first-order valence-electron chi connectivity index (χ1n) is 6.74. The maximum absolute atomic E-state index is 9.05. The Morgan fingerprint density at radius 1 is 1.53 bits per heavy atom. The second kappa shape index (κ2) is 8.67. The Morgan fingerprint density at radius 2 is 2.35 bits per heavy atom. The third kappa shape index (κ3) is 6.20. The third-order valence-electron chi connectivity index (χ3n) is 3.27. The van der Waals surface area contributed by atoms with Crippen molar-refractivity contribution < 1.29 is 14.6 Å². The Kier molecular flexibility index (Phi) is 7.49. The molecule has 0 amide bonds. The van der Waals surface area contributed by atoms with Gasteiger partial charge in [-0.1, -0.05) is 13.0 Å². The van der Waals surface area contributed by atoms with Crippen LogP contribution in [0.4, 0.5) is 0 Å². The molecule has 1 aliphatic heterocycles. The van der Waals surface area contributed by atoms with Gasteiger partial charge in [-0.05, 0) is 50.5 Å². The van der Waals surface area contributed by atoms with Crippen LogP contribution in [-0.4, -0.2) is 31.2 Å². The molecule has 0 saturated carbocycles. The molecule has 0 aliphatic carbocycles. The summed E-state index contributed by atoms with van der Waals surface area (Å²) in [5.41, 5.74) is 1.12. The number of rotatable bonds is 7. The Bertz CT molecular complexity index is 220. The molecule has 1 rings (SSSR count). The standard InChI is InChI=1S/C14H26O3/c1-3-13(10-15)8-7-12(2)11-17-14-6-4-5-9-16-14/h3,12,14-15H,4-11H2,1-2H3/b13-3-/t12-,14?/m1/s1. The molecule has 2 atom stereocenters. The van der Waals surface area contributed by atoms with Gasteiger partial charge in [-0.25, -0.2) is 0 Å². The van der Waals surface area contributed by atoms with Crippen molar-refractivity contribution in [3.8, 4) is 0 Å². The molecule has 0 aromatic heterocycles. The second-order valence-corrected chi connectivity index (χ2v) is 4.88. The zero-order valence-corrected chi connectivity index (χ0v) is 11.2. The lowest BCUT2D eigenvalue weighted by Crippen LogP contribution is -2.24. The molecule has 0 aromatic rings. The maximum Gasteiger partial charge on any atom is 0.157 e. The molecule has 1 saturated heterocycles. The molecule has 100 valence electrons. The van der Waals surface area contributed by atoms with Crippen molar-refractivity contribution in [3.63, 3.8) is 0 Å². The zero-order chi connectivity index (χ0) is 12.5. The number of hydrogen-bond acceptors (Lipinski definition) is 3. The van der Waals surface area contributed by atoms with Crippen molar-refractivity contribution in [2.24, 2.45) is 5.92 Å². The van der Waals surface area contributed by atoms with E-state index in [1.54, 1.807) is 0 Å². The number of aliphatic hydroxyl groups excluding tert-OH is 1. The van der Waals surface area contributed by atoms with Gasteiger partial charge in [0.1, 0.15) is 0 Å². The normalized spacial score (nSPS) is 23.7. The topological polar surface area (TPSA) is 38.7 Å². The van der Waals surface area contributed by atoms with Crippen LogP contribution in [-0.2, 0) is 9.47 Å². The molecule has 0 aromatic carbocycles. The van der Waals surface area contributed by atoms with Crippen LogP contribution in [0.5, 0.6) is 0 Å². The SMILES string of the molecule is C/C=C(\CO)CC[C@@H](C)COC1CCCCO1. The van der Waals surface area contributed by atoms with Crippen LogP contribution in [0.1, 0.15) is 46.0 Å². The molecule has 1 fully saturated rings. The lowest BCUT2D eigenvalue weighted by Gasteiger charge is -2.24. The fourth-order valence-electron chi connectivity index (χ4n) is 1.94. The van der Waals surface area contributed by atoms with E-state index >= 15 is 0 Å². The van der Waals surface area contributed by atoms with Gasteiger partial charge in [-0.2, -0.15) is 0 Å². The van der Waals surface area contributed by atoms with Crippen molar-refractivity contribution >= 4 is 0 Å². The first kappa shape index (κ1) is 14.7. The largest absolute Gasteiger partial charge is 0.392 e. The summed E-state index contributed by atoms with van der Waals surface area (Å²) in [6, 6.07) is 0. The van der Waals surface area contributed by atoms with E-state index in [2.05, 4.69) is 6.92 Å². The van der Waals surface area contributed by atoms with Gasteiger partial charge in [-0.15, -0.1) is 0 Å². The fraction of sp³-hybridized carbons (Fsp3) is 0.857. The Hall–Kier alpha value is -0.380. The highest BCUT2D eigenvalue weighted by atomic mass is 16.7. The minimum Gasteiger partial charge on any atom is -0.392 e. The predicted octanol–water partition coefficient (Wildman–Crippen LogP) is 2.88. The van der Waals surface area contributed by atoms with Crippen molar-refractivity contribution in [2.45, 2.75) is 52.2 Å². The summed E-state index contributed by atoms with van der Waals surface area (Å²) in [6.07, 6.45) is 7.45. The highest BCUT2D eigenvalue weighted by Crippen LogP contribution is 2.17. The average molecular weight is 242 g/mol. The van der Waals surface area contributed by atoms with Gasteiger partial charge >= 0.3 is 0 Å². The van der Waals surface area contributed by atoms with Gasteiger partial charge in [0.05, 0.1) is 13.2 Å². The summed E-state index contributed by atoms with van der Waals surface area (Å²) in [6.45, 7) is 5.94. The third-order valence-corrected chi connectivity index (χ3v) is 3.27. The summed E-state index contributed by atoms with van der Waals surface area (Å²) < 4.78 is 11.3. The molecule has 0 bridgehead atoms. The van der Waals surface area contributed by atoms with Crippen LogP contribution in [0.2, 0.25) is 0 Å². The zero-order valence-electron chi connectivity index (χ0n) is 11.2. The monoisotopic (exact) mass is 242 g/mol. The first-order valence-corrected chi connectivity index (χ1v) is 6.74. The van der Waals surface area contributed by atoms with Crippen molar-refractivity contribution in [3.05, 3.63) is 11.6 Å². The predicted molar refractivity (Wildman–Crippen MR) is 68.8 cm³/mol. The highest BCUT2D eigenvalue weighted by Gasteiger charge is 2.15. The van der Waals surface area contributed by atoms with E-state index in [-0.39, 0.29) is 12.9 Å². The molecular weight excluding hydrogens is 216 g/mol. The van der Waals surface area contributed by atoms with Crippen LogP contribution in [0.15, 0.2) is 11.6 Å². The summed E-state index contributed by atoms with van der Waals surface area (Å²) in [5, 5.41) is 9.05. The molecule has 1 N–H and O–H groups in total.